The van der Waals surface area contributed by atoms with E-state index in [1.54, 1.807) is 0 Å². The molecule has 0 heterocycles. The van der Waals surface area contributed by atoms with E-state index in [2.05, 4.69) is 304 Å². The molecule has 0 atom stereocenters. The van der Waals surface area contributed by atoms with Gasteiger partial charge in [-0.15, -0.1) is 0 Å². The van der Waals surface area contributed by atoms with Gasteiger partial charge in [-0.1, -0.05) is 202 Å². The molecule has 11 aromatic carbocycles. The van der Waals surface area contributed by atoms with Crippen LogP contribution in [0.5, 0.6) is 0 Å². The Morgan fingerprint density at radius 2 is 0.611 bits per heavy atom. The SMILES string of the molecule is Cc1cccc2c1-c1ccc(N(c3ccc(-c4cc(-c5ccccc5)c(-c5ccc(N(c6ccccc6)c6ccccc6)cc5)cc4-c4ccccc4)cc3)c3cccc(-c4ccccc4)c3)cc1C2(C)C. The van der Waals surface area contributed by atoms with Crippen LogP contribution in [-0.4, -0.2) is 0 Å². The highest BCUT2D eigenvalue weighted by Gasteiger charge is 2.37. The fraction of sp³-hybridized carbons (Fsp3) is 0.0571. The molecule has 0 fully saturated rings. The van der Waals surface area contributed by atoms with Crippen molar-refractivity contribution in [1.29, 1.82) is 0 Å². The summed E-state index contributed by atoms with van der Waals surface area (Å²) in [6, 6.07) is 99.5. The van der Waals surface area contributed by atoms with Crippen LogP contribution in [0, 0.1) is 6.92 Å². The van der Waals surface area contributed by atoms with Gasteiger partial charge in [-0.05, 0) is 175 Å². The Labute approximate surface area is 424 Å². The van der Waals surface area contributed by atoms with Gasteiger partial charge in [0.25, 0.3) is 0 Å². The predicted molar refractivity (Wildman–Crippen MR) is 305 cm³/mol. The Kier molecular flexibility index (Phi) is 11.5. The van der Waals surface area contributed by atoms with Crippen LogP contribution in [0.2, 0.25) is 0 Å². The first kappa shape index (κ1) is 44.2. The summed E-state index contributed by atoms with van der Waals surface area (Å²) in [5, 5.41) is 0. The number of anilines is 6. The first-order valence-corrected chi connectivity index (χ1v) is 25.0. The first-order chi connectivity index (χ1) is 35.4. The van der Waals surface area contributed by atoms with Gasteiger partial charge in [0.15, 0.2) is 0 Å². The Balaban J connectivity index is 0.990. The van der Waals surface area contributed by atoms with Crippen LogP contribution in [0.15, 0.2) is 273 Å². The quantitative estimate of drug-likeness (QED) is 0.128. The second kappa shape index (κ2) is 18.7. The zero-order chi connectivity index (χ0) is 48.6. The zero-order valence-corrected chi connectivity index (χ0v) is 40.9. The number of hydrogen-bond donors (Lipinski definition) is 0. The molecule has 2 nitrogen and oxygen atoms in total. The van der Waals surface area contributed by atoms with Crippen molar-refractivity contribution in [3.63, 3.8) is 0 Å². The molecule has 0 aromatic heterocycles. The van der Waals surface area contributed by atoms with Crippen LogP contribution in [0.1, 0.15) is 30.5 Å². The third-order valence-electron chi connectivity index (χ3n) is 14.6. The van der Waals surface area contributed by atoms with Gasteiger partial charge in [0, 0.05) is 39.5 Å². The first-order valence-electron chi connectivity index (χ1n) is 25.0. The molecular weight excluding hydrogens is 869 g/mol. The maximum atomic E-state index is 2.43. The van der Waals surface area contributed by atoms with Crippen molar-refractivity contribution in [2.45, 2.75) is 26.2 Å². The van der Waals surface area contributed by atoms with E-state index in [4.69, 9.17) is 0 Å². The Bertz CT molecular complexity index is 3640. The summed E-state index contributed by atoms with van der Waals surface area (Å²) in [6.07, 6.45) is 0. The number of benzene rings is 11. The van der Waals surface area contributed by atoms with Crippen molar-refractivity contribution >= 4 is 34.1 Å². The van der Waals surface area contributed by atoms with E-state index in [9.17, 15) is 0 Å². The van der Waals surface area contributed by atoms with Gasteiger partial charge in [-0.25, -0.2) is 0 Å². The predicted octanol–water partition coefficient (Wildman–Crippen LogP) is 19.6. The normalized spacial score (nSPS) is 12.2. The van der Waals surface area contributed by atoms with E-state index in [1.165, 1.54) is 72.3 Å². The minimum Gasteiger partial charge on any atom is -0.311 e. The second-order valence-electron chi connectivity index (χ2n) is 19.4. The minimum absolute atomic E-state index is 0.142. The average Bonchev–Trinajstić information content (AvgIpc) is 3.68. The molecule has 0 amide bonds. The summed E-state index contributed by atoms with van der Waals surface area (Å²) in [6.45, 7) is 6.98. The van der Waals surface area contributed by atoms with Gasteiger partial charge in [-0.2, -0.15) is 0 Å². The van der Waals surface area contributed by atoms with Crippen LogP contribution in [0.3, 0.4) is 0 Å². The molecule has 0 radical (unpaired) electrons. The third-order valence-corrected chi connectivity index (χ3v) is 14.6. The highest BCUT2D eigenvalue weighted by Crippen LogP contribution is 2.52. The average molecular weight is 923 g/mol. The van der Waals surface area contributed by atoms with Gasteiger partial charge in [0.2, 0.25) is 0 Å². The number of aryl methyl sites for hydroxylation is 1. The highest BCUT2D eigenvalue weighted by molar-refractivity contribution is 5.96. The lowest BCUT2D eigenvalue weighted by Crippen LogP contribution is -2.16. The molecule has 0 saturated heterocycles. The molecule has 1 aliphatic carbocycles. The van der Waals surface area contributed by atoms with Crippen LogP contribution in [0.25, 0.3) is 66.8 Å². The monoisotopic (exact) mass is 922 g/mol. The van der Waals surface area contributed by atoms with Crippen LogP contribution in [0.4, 0.5) is 34.1 Å². The molecule has 344 valence electrons. The molecule has 0 saturated carbocycles. The van der Waals surface area contributed by atoms with Gasteiger partial charge in [-0.3, -0.25) is 0 Å². The molecule has 12 rings (SSSR count). The lowest BCUT2D eigenvalue weighted by atomic mass is 9.82. The van der Waals surface area contributed by atoms with Crippen molar-refractivity contribution < 1.29 is 0 Å². The lowest BCUT2D eigenvalue weighted by Gasteiger charge is -2.28. The molecule has 0 aliphatic heterocycles. The summed E-state index contributed by atoms with van der Waals surface area (Å²) in [5.74, 6) is 0. The molecule has 1 aliphatic rings. The van der Waals surface area contributed by atoms with Crippen molar-refractivity contribution in [2.75, 3.05) is 9.80 Å². The Morgan fingerprint density at radius 1 is 0.250 bits per heavy atom. The number of fused-ring (bicyclic) bond motifs is 3. The number of nitrogens with zero attached hydrogens (tertiary/aromatic N) is 2. The third kappa shape index (κ3) is 8.17. The van der Waals surface area contributed by atoms with Crippen LogP contribution in [-0.2, 0) is 5.41 Å². The second-order valence-corrected chi connectivity index (χ2v) is 19.4. The molecule has 11 aromatic rings. The van der Waals surface area contributed by atoms with Crippen molar-refractivity contribution in [3.05, 3.63) is 290 Å². The topological polar surface area (TPSA) is 6.48 Å². The molecule has 2 heteroatoms. The maximum absolute atomic E-state index is 2.43. The minimum atomic E-state index is -0.142. The fourth-order valence-corrected chi connectivity index (χ4v) is 11.0. The van der Waals surface area contributed by atoms with Crippen molar-refractivity contribution in [1.82, 2.24) is 0 Å². The summed E-state index contributed by atoms with van der Waals surface area (Å²) < 4.78 is 0. The van der Waals surface area contributed by atoms with Crippen LogP contribution >= 0.6 is 0 Å². The molecule has 0 unspecified atom stereocenters. The highest BCUT2D eigenvalue weighted by atomic mass is 15.1. The maximum Gasteiger partial charge on any atom is 0.0467 e. The molecule has 0 bridgehead atoms. The van der Waals surface area contributed by atoms with Crippen molar-refractivity contribution in [2.24, 2.45) is 0 Å². The smallest absolute Gasteiger partial charge is 0.0467 e. The molecule has 0 spiro atoms. The summed E-state index contributed by atoms with van der Waals surface area (Å²) in [5.41, 5.74) is 25.0. The zero-order valence-electron chi connectivity index (χ0n) is 40.9. The molecule has 72 heavy (non-hydrogen) atoms. The lowest BCUT2D eigenvalue weighted by molar-refractivity contribution is 0.660. The number of rotatable bonds is 11. The Hall–Kier alpha value is -8.98. The van der Waals surface area contributed by atoms with Crippen LogP contribution < -0.4 is 9.80 Å². The van der Waals surface area contributed by atoms with Gasteiger partial charge < -0.3 is 9.80 Å². The van der Waals surface area contributed by atoms with E-state index in [-0.39, 0.29) is 5.41 Å². The van der Waals surface area contributed by atoms with Gasteiger partial charge in [0.1, 0.15) is 0 Å². The van der Waals surface area contributed by atoms with Crippen molar-refractivity contribution in [3.8, 4) is 66.8 Å². The van der Waals surface area contributed by atoms with Gasteiger partial charge in [0.05, 0.1) is 0 Å². The number of hydrogen-bond acceptors (Lipinski definition) is 2. The largest absolute Gasteiger partial charge is 0.311 e. The number of para-hydroxylation sites is 2. The van der Waals surface area contributed by atoms with E-state index in [0.717, 1.165) is 45.3 Å². The Morgan fingerprint density at radius 3 is 1.11 bits per heavy atom. The summed E-state index contributed by atoms with van der Waals surface area (Å²) >= 11 is 0. The fourth-order valence-electron chi connectivity index (χ4n) is 11.0. The van der Waals surface area contributed by atoms with E-state index in [0.29, 0.717) is 0 Å². The van der Waals surface area contributed by atoms with Gasteiger partial charge >= 0.3 is 0 Å². The van der Waals surface area contributed by atoms with E-state index >= 15 is 0 Å². The van der Waals surface area contributed by atoms with E-state index < -0.39 is 0 Å². The standard InChI is InChI=1S/C70H54N2/c1-49-21-19-34-67-69(49)62-44-43-61(46-68(62)70(67,2)3)72(60-33-20-28-55(45-60)50-22-9-4-10-23-50)59-41-37-54(38-42-59)66-48-63(51-24-11-5-12-25-51)65(47-64(66)52-26-13-6-14-27-52)53-35-39-58(40-36-53)71(56-29-15-7-16-30-56)57-31-17-8-18-32-57/h4-48H,1-3H3. The molecular formula is C70H54N2. The van der Waals surface area contributed by atoms with E-state index in [1.807, 2.05) is 0 Å². The molecule has 0 N–H and O–H groups in total. The summed E-state index contributed by atoms with van der Waals surface area (Å²) in [7, 11) is 0. The summed E-state index contributed by atoms with van der Waals surface area (Å²) in [4.78, 5) is 4.75.